The zero-order valence-electron chi connectivity index (χ0n) is 7.00. The molecule has 0 aromatic rings. The molecule has 2 unspecified atom stereocenters. The van der Waals surface area contributed by atoms with Crippen LogP contribution in [0.2, 0.25) is 0 Å². The number of sulfone groups is 1. The van der Waals surface area contributed by atoms with Crippen LogP contribution in [0.25, 0.3) is 0 Å². The number of hydrogen-bond acceptors (Lipinski definition) is 3. The van der Waals surface area contributed by atoms with E-state index in [2.05, 4.69) is 5.32 Å². The van der Waals surface area contributed by atoms with Gasteiger partial charge in [0, 0.05) is 12.3 Å². The standard InChI is InChI=1S/C7H15NO2S/c1-6(11(2,9)10)7-4-3-5-8-7/h6-8H,3-5H2,1-2H3. The third-order valence-electron chi connectivity index (χ3n) is 2.34. The van der Waals surface area contributed by atoms with Crippen LogP contribution < -0.4 is 5.32 Å². The van der Waals surface area contributed by atoms with E-state index in [1.807, 2.05) is 0 Å². The van der Waals surface area contributed by atoms with Crippen molar-refractivity contribution in [2.45, 2.75) is 31.1 Å². The van der Waals surface area contributed by atoms with Gasteiger partial charge in [-0.1, -0.05) is 0 Å². The quantitative estimate of drug-likeness (QED) is 0.654. The third-order valence-corrected chi connectivity index (χ3v) is 4.02. The van der Waals surface area contributed by atoms with Crippen LogP contribution in [-0.2, 0) is 9.84 Å². The van der Waals surface area contributed by atoms with Gasteiger partial charge in [-0.2, -0.15) is 0 Å². The molecule has 1 aliphatic heterocycles. The Morgan fingerprint density at radius 3 is 2.55 bits per heavy atom. The highest BCUT2D eigenvalue weighted by Crippen LogP contribution is 2.14. The van der Waals surface area contributed by atoms with E-state index in [0.717, 1.165) is 19.4 Å². The monoisotopic (exact) mass is 177 g/mol. The Hall–Kier alpha value is -0.0900. The lowest BCUT2D eigenvalue weighted by molar-refractivity contribution is 0.541. The highest BCUT2D eigenvalue weighted by atomic mass is 32.2. The zero-order valence-corrected chi connectivity index (χ0v) is 7.82. The molecule has 3 nitrogen and oxygen atoms in total. The summed E-state index contributed by atoms with van der Waals surface area (Å²) in [6, 6.07) is 0.185. The Morgan fingerprint density at radius 2 is 2.18 bits per heavy atom. The van der Waals surface area contributed by atoms with Crippen molar-refractivity contribution in [2.75, 3.05) is 12.8 Å². The molecule has 1 rings (SSSR count). The maximum absolute atomic E-state index is 11.1. The molecule has 0 amide bonds. The largest absolute Gasteiger partial charge is 0.313 e. The van der Waals surface area contributed by atoms with Crippen molar-refractivity contribution in [3.05, 3.63) is 0 Å². The fourth-order valence-electron chi connectivity index (χ4n) is 1.41. The summed E-state index contributed by atoms with van der Waals surface area (Å²) in [5.74, 6) is 0. The smallest absolute Gasteiger partial charge is 0.151 e. The van der Waals surface area contributed by atoms with Crippen LogP contribution >= 0.6 is 0 Å². The van der Waals surface area contributed by atoms with Gasteiger partial charge in [0.25, 0.3) is 0 Å². The van der Waals surface area contributed by atoms with Crippen molar-refractivity contribution >= 4 is 9.84 Å². The molecule has 0 saturated carbocycles. The van der Waals surface area contributed by atoms with Gasteiger partial charge in [-0.05, 0) is 26.3 Å². The summed E-state index contributed by atoms with van der Waals surface area (Å²) >= 11 is 0. The van der Waals surface area contributed by atoms with Gasteiger partial charge in [-0.3, -0.25) is 0 Å². The molecular weight excluding hydrogens is 162 g/mol. The molecule has 1 heterocycles. The molecule has 0 aromatic carbocycles. The second kappa shape index (κ2) is 3.11. The average Bonchev–Trinajstić information content (AvgIpc) is 2.34. The van der Waals surface area contributed by atoms with Crippen LogP contribution in [0.1, 0.15) is 19.8 Å². The van der Waals surface area contributed by atoms with Crippen molar-refractivity contribution in [3.63, 3.8) is 0 Å². The molecule has 4 heteroatoms. The van der Waals surface area contributed by atoms with Gasteiger partial charge in [0.1, 0.15) is 0 Å². The first-order chi connectivity index (χ1) is 5.02. The zero-order chi connectivity index (χ0) is 8.48. The number of hydrogen-bond donors (Lipinski definition) is 1. The lowest BCUT2D eigenvalue weighted by Gasteiger charge is -2.16. The minimum Gasteiger partial charge on any atom is -0.313 e. The van der Waals surface area contributed by atoms with Gasteiger partial charge in [-0.25, -0.2) is 8.42 Å². The van der Waals surface area contributed by atoms with Crippen molar-refractivity contribution in [1.82, 2.24) is 5.32 Å². The van der Waals surface area contributed by atoms with Gasteiger partial charge in [0.2, 0.25) is 0 Å². The highest BCUT2D eigenvalue weighted by molar-refractivity contribution is 7.91. The molecule has 66 valence electrons. The summed E-state index contributed by atoms with van der Waals surface area (Å²) in [6.07, 6.45) is 3.40. The van der Waals surface area contributed by atoms with Crippen LogP contribution in [0.5, 0.6) is 0 Å². The first-order valence-electron chi connectivity index (χ1n) is 3.94. The molecular formula is C7H15NO2S. The predicted octanol–water partition coefficient (Wildman–Crippen LogP) is 0.172. The molecule has 1 N–H and O–H groups in total. The molecule has 1 saturated heterocycles. The second-order valence-corrected chi connectivity index (χ2v) is 5.64. The lowest BCUT2D eigenvalue weighted by atomic mass is 10.2. The Morgan fingerprint density at radius 1 is 1.55 bits per heavy atom. The van der Waals surface area contributed by atoms with Crippen molar-refractivity contribution in [3.8, 4) is 0 Å². The van der Waals surface area contributed by atoms with Gasteiger partial charge in [0.05, 0.1) is 5.25 Å². The minimum atomic E-state index is -2.85. The predicted molar refractivity (Wildman–Crippen MR) is 45.3 cm³/mol. The Balaban J connectivity index is 2.60. The highest BCUT2D eigenvalue weighted by Gasteiger charge is 2.27. The van der Waals surface area contributed by atoms with E-state index in [9.17, 15) is 8.42 Å². The van der Waals surface area contributed by atoms with E-state index < -0.39 is 9.84 Å². The van der Waals surface area contributed by atoms with Crippen LogP contribution in [0.4, 0.5) is 0 Å². The van der Waals surface area contributed by atoms with E-state index in [0.29, 0.717) is 0 Å². The van der Waals surface area contributed by atoms with Crippen LogP contribution in [0.15, 0.2) is 0 Å². The normalized spacial score (nSPS) is 28.7. The molecule has 1 fully saturated rings. The van der Waals surface area contributed by atoms with E-state index >= 15 is 0 Å². The molecule has 0 aliphatic carbocycles. The maximum atomic E-state index is 11.1. The lowest BCUT2D eigenvalue weighted by Crippen LogP contribution is -2.37. The van der Waals surface area contributed by atoms with Gasteiger partial charge < -0.3 is 5.32 Å². The molecule has 0 radical (unpaired) electrons. The fourth-order valence-corrected chi connectivity index (χ4v) is 2.24. The maximum Gasteiger partial charge on any atom is 0.151 e. The SMILES string of the molecule is CC(C1CCCN1)S(C)(=O)=O. The van der Waals surface area contributed by atoms with Gasteiger partial charge in [0.15, 0.2) is 9.84 Å². The van der Waals surface area contributed by atoms with Crippen molar-refractivity contribution in [2.24, 2.45) is 0 Å². The topological polar surface area (TPSA) is 46.2 Å². The minimum absolute atomic E-state index is 0.185. The summed E-state index contributed by atoms with van der Waals surface area (Å²) < 4.78 is 22.2. The molecule has 0 aromatic heterocycles. The van der Waals surface area contributed by atoms with Crippen molar-refractivity contribution in [1.29, 1.82) is 0 Å². The summed E-state index contributed by atoms with van der Waals surface area (Å²) in [4.78, 5) is 0. The summed E-state index contributed by atoms with van der Waals surface area (Å²) in [5.41, 5.74) is 0. The van der Waals surface area contributed by atoms with Crippen LogP contribution in [0, 0.1) is 0 Å². The summed E-state index contributed by atoms with van der Waals surface area (Å²) in [7, 11) is -2.85. The Labute approximate surface area is 68.1 Å². The van der Waals surface area contributed by atoms with Crippen molar-refractivity contribution < 1.29 is 8.42 Å². The number of rotatable bonds is 2. The molecule has 2 atom stereocenters. The first-order valence-corrected chi connectivity index (χ1v) is 5.89. The fraction of sp³-hybridized carbons (Fsp3) is 1.00. The Bertz CT molecular complexity index is 217. The summed E-state index contributed by atoms with van der Waals surface area (Å²) in [5, 5.41) is 2.95. The molecule has 1 aliphatic rings. The Kier molecular flexibility index (Phi) is 2.54. The van der Waals surface area contributed by atoms with Crippen LogP contribution in [-0.4, -0.2) is 32.5 Å². The van der Waals surface area contributed by atoms with E-state index in [4.69, 9.17) is 0 Å². The van der Waals surface area contributed by atoms with Gasteiger partial charge >= 0.3 is 0 Å². The molecule has 11 heavy (non-hydrogen) atoms. The van der Waals surface area contributed by atoms with Gasteiger partial charge in [-0.15, -0.1) is 0 Å². The number of nitrogens with one attached hydrogen (secondary N) is 1. The third kappa shape index (κ3) is 2.17. The molecule has 0 bridgehead atoms. The average molecular weight is 177 g/mol. The van der Waals surface area contributed by atoms with E-state index in [1.165, 1.54) is 6.26 Å². The van der Waals surface area contributed by atoms with E-state index in [-0.39, 0.29) is 11.3 Å². The first kappa shape index (κ1) is 9.00. The second-order valence-electron chi connectivity index (χ2n) is 3.24. The molecule has 0 spiro atoms. The van der Waals surface area contributed by atoms with E-state index in [1.54, 1.807) is 6.92 Å². The summed E-state index contributed by atoms with van der Waals surface area (Å²) in [6.45, 7) is 2.74. The van der Waals surface area contributed by atoms with Crippen LogP contribution in [0.3, 0.4) is 0 Å².